The van der Waals surface area contributed by atoms with Gasteiger partial charge < -0.3 is 19.6 Å². The summed E-state index contributed by atoms with van der Waals surface area (Å²) in [6.45, 7) is 11.1. The van der Waals surface area contributed by atoms with Gasteiger partial charge in [-0.05, 0) is 111 Å². The number of rotatable bonds is 9. The molecule has 3 saturated carbocycles. The van der Waals surface area contributed by atoms with Crippen molar-refractivity contribution in [1.29, 1.82) is 0 Å². The van der Waals surface area contributed by atoms with Gasteiger partial charge in [-0.15, -0.1) is 0 Å². The number of hydrogen-bond acceptors (Lipinski definition) is 4. The number of phosphoric acid groups is 2. The van der Waals surface area contributed by atoms with E-state index in [1.165, 1.54) is 31.3 Å². The smallest absolute Gasteiger partial charge is 0.303 e. The SMILES string of the molecule is CC(C)[C@H](CC[C@@H](C)[C@H]1CC[C@H]2[C@@H]3CC=C4C[C@@H](OP(=O)(O)O)CC[C@]4(C)[C@H]3CC[C@]12C)OP(=O)(O)O. The van der Waals surface area contributed by atoms with Crippen molar-refractivity contribution in [2.24, 2.45) is 46.3 Å². The zero-order valence-electron chi connectivity index (χ0n) is 23.1. The van der Waals surface area contributed by atoms with Gasteiger partial charge in [-0.2, -0.15) is 0 Å². The Morgan fingerprint density at radius 2 is 1.65 bits per heavy atom. The fraction of sp³-hybridized carbons (Fsp3) is 0.926. The third kappa shape index (κ3) is 6.33. The van der Waals surface area contributed by atoms with Crippen LogP contribution < -0.4 is 0 Å². The molecule has 4 N–H and O–H groups in total. The maximum atomic E-state index is 11.5. The van der Waals surface area contributed by atoms with Crippen molar-refractivity contribution in [3.63, 3.8) is 0 Å². The van der Waals surface area contributed by atoms with Crippen LogP contribution in [0.15, 0.2) is 11.6 Å². The van der Waals surface area contributed by atoms with E-state index in [4.69, 9.17) is 9.05 Å². The zero-order chi connectivity index (χ0) is 27.4. The summed E-state index contributed by atoms with van der Waals surface area (Å²) < 4.78 is 33.1. The Bertz CT molecular complexity index is 956. The first-order valence-electron chi connectivity index (χ1n) is 14.2. The molecule has 0 radical (unpaired) electrons. The first kappa shape index (κ1) is 29.9. The van der Waals surface area contributed by atoms with Crippen molar-refractivity contribution < 1.29 is 37.8 Å². The van der Waals surface area contributed by atoms with Gasteiger partial charge in [0.25, 0.3) is 0 Å². The summed E-state index contributed by atoms with van der Waals surface area (Å²) in [5, 5.41) is 0. The molecule has 214 valence electrons. The molecule has 3 fully saturated rings. The molecule has 0 aliphatic heterocycles. The maximum Gasteiger partial charge on any atom is 0.469 e. The molecule has 0 aromatic rings. The Balaban J connectivity index is 1.44. The van der Waals surface area contributed by atoms with Crippen LogP contribution in [0.1, 0.15) is 98.8 Å². The summed E-state index contributed by atoms with van der Waals surface area (Å²) in [4.78, 5) is 37.2. The fourth-order valence-corrected chi connectivity index (χ4v) is 10.5. The second kappa shape index (κ2) is 10.7. The molecule has 0 aromatic heterocycles. The molecule has 4 aliphatic carbocycles. The van der Waals surface area contributed by atoms with Crippen molar-refractivity contribution in [1.82, 2.24) is 0 Å². The average Bonchev–Trinajstić information content (AvgIpc) is 3.12. The molecular formula is C27H48O8P2. The van der Waals surface area contributed by atoms with E-state index in [9.17, 15) is 28.7 Å². The monoisotopic (exact) mass is 562 g/mol. The van der Waals surface area contributed by atoms with Gasteiger partial charge in [-0.25, -0.2) is 9.13 Å². The van der Waals surface area contributed by atoms with Crippen molar-refractivity contribution >= 4 is 15.6 Å². The minimum atomic E-state index is -4.50. The van der Waals surface area contributed by atoms with Crippen molar-refractivity contribution in [2.75, 3.05) is 0 Å². The Kier molecular flexibility index (Phi) is 8.69. The number of allylic oxidation sites excluding steroid dienone is 1. The number of hydrogen-bond donors (Lipinski definition) is 4. The largest absolute Gasteiger partial charge is 0.469 e. The molecule has 0 unspecified atom stereocenters. The Morgan fingerprint density at radius 3 is 2.27 bits per heavy atom. The predicted molar refractivity (Wildman–Crippen MR) is 142 cm³/mol. The molecule has 0 heterocycles. The minimum Gasteiger partial charge on any atom is -0.303 e. The standard InChI is InChI=1S/C27H48O8P2/c1-17(2)25(35-37(31,32)33)11-6-18(3)22-9-10-23-21-8-7-19-16-20(34-36(28,29)30)12-14-26(19,4)24(21)13-15-27(22,23)5/h7,17-18,20-25H,6,8-16H2,1-5H3,(H2,28,29,30)(H2,31,32,33)/t18-,20+,21+,22-,23+,24+,25+,26+,27-/m1/s1. The van der Waals surface area contributed by atoms with Crippen molar-refractivity contribution in [3.8, 4) is 0 Å². The molecule has 8 nitrogen and oxygen atoms in total. The van der Waals surface area contributed by atoms with Crippen LogP contribution in [0.4, 0.5) is 0 Å². The molecule has 0 bridgehead atoms. The van der Waals surface area contributed by atoms with Gasteiger partial charge in [0, 0.05) is 0 Å². The summed E-state index contributed by atoms with van der Waals surface area (Å²) in [5.41, 5.74) is 1.71. The summed E-state index contributed by atoms with van der Waals surface area (Å²) in [6.07, 6.45) is 11.2. The molecule has 0 spiro atoms. The van der Waals surface area contributed by atoms with Crippen LogP contribution in [0, 0.1) is 46.3 Å². The second-order valence-electron chi connectivity index (χ2n) is 13.4. The lowest BCUT2D eigenvalue weighted by atomic mass is 9.47. The van der Waals surface area contributed by atoms with Crippen LogP contribution in [-0.2, 0) is 18.2 Å². The third-order valence-electron chi connectivity index (χ3n) is 11.0. The number of fused-ring (bicyclic) bond motifs is 5. The summed E-state index contributed by atoms with van der Waals surface area (Å²) in [7, 11) is -8.97. The predicted octanol–water partition coefficient (Wildman–Crippen LogP) is 6.59. The van der Waals surface area contributed by atoms with E-state index in [0.717, 1.165) is 19.3 Å². The lowest BCUT2D eigenvalue weighted by Gasteiger charge is -2.58. The molecule has 0 saturated heterocycles. The molecular weight excluding hydrogens is 514 g/mol. The third-order valence-corrected chi connectivity index (χ3v) is 12.1. The molecule has 10 heteroatoms. The maximum absolute atomic E-state index is 11.5. The second-order valence-corrected chi connectivity index (χ2v) is 15.8. The Hall–Kier alpha value is -0.0400. The van der Waals surface area contributed by atoms with Crippen molar-refractivity contribution in [2.45, 2.75) is 111 Å². The van der Waals surface area contributed by atoms with Crippen LogP contribution in [0.2, 0.25) is 0 Å². The molecule has 4 rings (SSSR count). The summed E-state index contributed by atoms with van der Waals surface area (Å²) >= 11 is 0. The Labute approximate surface area is 222 Å². The van der Waals surface area contributed by atoms with Gasteiger partial charge in [0.05, 0.1) is 12.2 Å². The highest BCUT2D eigenvalue weighted by Crippen LogP contribution is 2.67. The van der Waals surface area contributed by atoms with Gasteiger partial charge in [0.15, 0.2) is 0 Å². The van der Waals surface area contributed by atoms with E-state index in [0.29, 0.717) is 48.9 Å². The first-order valence-corrected chi connectivity index (χ1v) is 17.3. The van der Waals surface area contributed by atoms with Gasteiger partial charge in [-0.1, -0.05) is 46.3 Å². The van der Waals surface area contributed by atoms with Crippen molar-refractivity contribution in [3.05, 3.63) is 11.6 Å². The molecule has 37 heavy (non-hydrogen) atoms. The molecule has 0 aromatic carbocycles. The van der Waals surface area contributed by atoms with Crippen LogP contribution in [0.3, 0.4) is 0 Å². The average molecular weight is 563 g/mol. The highest BCUT2D eigenvalue weighted by atomic mass is 31.2. The van der Waals surface area contributed by atoms with Gasteiger partial charge in [0.2, 0.25) is 0 Å². The zero-order valence-corrected chi connectivity index (χ0v) is 24.9. The highest BCUT2D eigenvalue weighted by molar-refractivity contribution is 7.46. The van der Waals surface area contributed by atoms with E-state index in [2.05, 4.69) is 26.8 Å². The number of phosphoric ester groups is 2. The van der Waals surface area contributed by atoms with Gasteiger partial charge in [-0.3, -0.25) is 9.05 Å². The first-order chi connectivity index (χ1) is 17.0. The fourth-order valence-electron chi connectivity index (χ4n) is 9.20. The van der Waals surface area contributed by atoms with E-state index >= 15 is 0 Å². The van der Waals surface area contributed by atoms with Crippen LogP contribution in [0.5, 0.6) is 0 Å². The normalized spacial score (nSPS) is 39.9. The lowest BCUT2D eigenvalue weighted by Crippen LogP contribution is -2.51. The van der Waals surface area contributed by atoms with Gasteiger partial charge in [0.1, 0.15) is 0 Å². The van der Waals surface area contributed by atoms with E-state index < -0.39 is 27.9 Å². The Morgan fingerprint density at radius 1 is 0.946 bits per heavy atom. The van der Waals surface area contributed by atoms with Crippen LogP contribution in [0.25, 0.3) is 0 Å². The van der Waals surface area contributed by atoms with Crippen LogP contribution in [-0.4, -0.2) is 31.8 Å². The highest BCUT2D eigenvalue weighted by Gasteiger charge is 2.59. The molecule has 4 aliphatic rings. The lowest BCUT2D eigenvalue weighted by molar-refractivity contribution is -0.0576. The van der Waals surface area contributed by atoms with E-state index in [-0.39, 0.29) is 16.7 Å². The summed E-state index contributed by atoms with van der Waals surface area (Å²) in [5.74, 6) is 3.05. The summed E-state index contributed by atoms with van der Waals surface area (Å²) in [6, 6.07) is 0. The molecule has 0 amide bonds. The van der Waals surface area contributed by atoms with E-state index in [1.807, 2.05) is 13.8 Å². The quantitative estimate of drug-likeness (QED) is 0.183. The van der Waals surface area contributed by atoms with Crippen LogP contribution >= 0.6 is 15.6 Å². The topological polar surface area (TPSA) is 134 Å². The van der Waals surface area contributed by atoms with Gasteiger partial charge >= 0.3 is 15.6 Å². The van der Waals surface area contributed by atoms with E-state index in [1.54, 1.807) is 0 Å². The minimum absolute atomic E-state index is 0.0494. The molecule has 9 atom stereocenters.